The highest BCUT2D eigenvalue weighted by Gasteiger charge is 2.28. The second-order valence-electron chi connectivity index (χ2n) is 9.00. The number of hydrogen-bond acceptors (Lipinski definition) is 6. The van der Waals surface area contributed by atoms with Crippen LogP contribution in [0.15, 0.2) is 66.7 Å². The van der Waals surface area contributed by atoms with Crippen LogP contribution >= 0.6 is 7.60 Å². The van der Waals surface area contributed by atoms with E-state index in [1.807, 2.05) is 56.3 Å². The number of ether oxygens (including phenoxy) is 2. The van der Waals surface area contributed by atoms with Crippen molar-refractivity contribution in [2.45, 2.75) is 46.6 Å². The third-order valence-electron chi connectivity index (χ3n) is 6.14. The zero-order chi connectivity index (χ0) is 26.7. The molecule has 3 aromatic rings. The summed E-state index contributed by atoms with van der Waals surface area (Å²) in [6.07, 6.45) is 0.625. The predicted octanol–water partition coefficient (Wildman–Crippen LogP) is 6.79. The van der Waals surface area contributed by atoms with Crippen molar-refractivity contribution in [2.24, 2.45) is 0 Å². The standard InChI is InChI=1S/C30H39O6P/c1-5-35-37(32,36-6-2)21-30(31)27-18-23(3)29(24(4)19-27)20-26-12-14-28(15-13-26)34-22-33-17-16-25-10-8-7-9-11-25/h7-15,18-19,30-31H,5-6,16-17,20-22H2,1-4H3. The number of benzene rings is 3. The smallest absolute Gasteiger partial charge is 0.333 e. The number of aryl methyl sites for hydroxylation is 2. The zero-order valence-corrected chi connectivity index (χ0v) is 23.2. The van der Waals surface area contributed by atoms with Crippen LogP contribution in [0.5, 0.6) is 5.75 Å². The summed E-state index contributed by atoms with van der Waals surface area (Å²) in [6, 6.07) is 22.2. The second-order valence-corrected chi connectivity index (χ2v) is 11.1. The molecule has 200 valence electrons. The Balaban J connectivity index is 1.54. The van der Waals surface area contributed by atoms with Crippen molar-refractivity contribution in [1.82, 2.24) is 0 Å². The predicted molar refractivity (Wildman–Crippen MR) is 147 cm³/mol. The largest absolute Gasteiger partial charge is 0.468 e. The zero-order valence-electron chi connectivity index (χ0n) is 22.3. The van der Waals surface area contributed by atoms with Crippen LogP contribution in [0.25, 0.3) is 0 Å². The third-order valence-corrected chi connectivity index (χ3v) is 8.24. The Morgan fingerprint density at radius 3 is 2.08 bits per heavy atom. The van der Waals surface area contributed by atoms with Crippen LogP contribution in [0.4, 0.5) is 0 Å². The van der Waals surface area contributed by atoms with E-state index in [1.165, 1.54) is 11.1 Å². The van der Waals surface area contributed by atoms with Crippen LogP contribution < -0.4 is 4.74 Å². The van der Waals surface area contributed by atoms with Gasteiger partial charge in [0.1, 0.15) is 5.75 Å². The molecular formula is C30H39O6P. The van der Waals surface area contributed by atoms with Crippen molar-refractivity contribution in [3.63, 3.8) is 0 Å². The molecule has 1 N–H and O–H groups in total. The van der Waals surface area contributed by atoms with Gasteiger partial charge in [-0.15, -0.1) is 0 Å². The molecule has 0 aliphatic carbocycles. The first-order chi connectivity index (χ1) is 17.8. The van der Waals surface area contributed by atoms with E-state index in [0.29, 0.717) is 6.61 Å². The van der Waals surface area contributed by atoms with Gasteiger partial charge in [0.15, 0.2) is 6.79 Å². The van der Waals surface area contributed by atoms with Gasteiger partial charge in [0, 0.05) is 0 Å². The summed E-state index contributed by atoms with van der Waals surface area (Å²) in [4.78, 5) is 0. The van der Waals surface area contributed by atoms with Gasteiger partial charge in [-0.25, -0.2) is 0 Å². The Hall–Kier alpha value is -2.47. The molecule has 0 aromatic heterocycles. The summed E-state index contributed by atoms with van der Waals surface area (Å²) in [6.45, 7) is 8.97. The maximum absolute atomic E-state index is 12.8. The van der Waals surface area contributed by atoms with Crippen molar-refractivity contribution >= 4 is 7.60 Å². The second kappa shape index (κ2) is 14.5. The summed E-state index contributed by atoms with van der Waals surface area (Å²) in [5.74, 6) is 0.767. The molecule has 37 heavy (non-hydrogen) atoms. The van der Waals surface area contributed by atoms with E-state index in [1.54, 1.807) is 13.8 Å². The van der Waals surface area contributed by atoms with Gasteiger partial charge >= 0.3 is 7.60 Å². The lowest BCUT2D eigenvalue weighted by atomic mass is 9.93. The number of rotatable bonds is 15. The van der Waals surface area contributed by atoms with Gasteiger partial charge in [0.25, 0.3) is 0 Å². The quantitative estimate of drug-likeness (QED) is 0.134. The van der Waals surface area contributed by atoms with Crippen LogP contribution in [-0.4, -0.2) is 37.9 Å². The molecule has 0 saturated carbocycles. The van der Waals surface area contributed by atoms with Crippen LogP contribution in [0.3, 0.4) is 0 Å². The van der Waals surface area contributed by atoms with Crippen LogP contribution in [0.1, 0.15) is 53.3 Å². The highest BCUT2D eigenvalue weighted by atomic mass is 31.2. The molecule has 6 nitrogen and oxygen atoms in total. The number of aliphatic hydroxyl groups is 1. The molecule has 0 spiro atoms. The SMILES string of the molecule is CCOP(=O)(CC(O)c1cc(C)c(Cc2ccc(OCOCCc3ccccc3)cc2)c(C)c1)OCC. The van der Waals surface area contributed by atoms with Crippen molar-refractivity contribution < 1.29 is 28.2 Å². The first-order valence-electron chi connectivity index (χ1n) is 12.8. The minimum atomic E-state index is -3.34. The Labute approximate surface area is 221 Å². The van der Waals surface area contributed by atoms with E-state index in [0.717, 1.165) is 40.8 Å². The first-order valence-corrected chi connectivity index (χ1v) is 14.6. The Bertz CT molecular complexity index is 1110. The summed E-state index contributed by atoms with van der Waals surface area (Å²) in [5.41, 5.74) is 6.47. The van der Waals surface area contributed by atoms with E-state index in [2.05, 4.69) is 24.3 Å². The molecule has 0 aliphatic heterocycles. The molecule has 0 heterocycles. The first kappa shape index (κ1) is 29.1. The molecule has 0 aliphatic rings. The lowest BCUT2D eigenvalue weighted by molar-refractivity contribution is 0.0169. The van der Waals surface area contributed by atoms with Crippen LogP contribution in [-0.2, 0) is 31.2 Å². The van der Waals surface area contributed by atoms with Gasteiger partial charge in [0.05, 0.1) is 32.1 Å². The molecule has 0 fully saturated rings. The third kappa shape index (κ3) is 9.10. The molecule has 0 saturated heterocycles. The van der Waals surface area contributed by atoms with Crippen molar-refractivity contribution in [3.05, 3.63) is 100 Å². The monoisotopic (exact) mass is 526 g/mol. The minimum Gasteiger partial charge on any atom is -0.468 e. The molecule has 1 atom stereocenters. The maximum Gasteiger partial charge on any atom is 0.333 e. The van der Waals surface area contributed by atoms with E-state index in [4.69, 9.17) is 18.5 Å². The summed E-state index contributed by atoms with van der Waals surface area (Å²) < 4.78 is 34.9. The Kier molecular flexibility index (Phi) is 11.4. The molecule has 0 bridgehead atoms. The fourth-order valence-electron chi connectivity index (χ4n) is 4.26. The van der Waals surface area contributed by atoms with Gasteiger partial charge in [0.2, 0.25) is 0 Å². The van der Waals surface area contributed by atoms with Gasteiger partial charge < -0.3 is 23.6 Å². The van der Waals surface area contributed by atoms with Crippen molar-refractivity contribution in [3.8, 4) is 5.75 Å². The van der Waals surface area contributed by atoms with Crippen molar-refractivity contribution in [2.75, 3.05) is 32.8 Å². The van der Waals surface area contributed by atoms with E-state index in [9.17, 15) is 9.67 Å². The molecule has 3 rings (SSSR count). The molecule has 7 heteroatoms. The molecule has 3 aromatic carbocycles. The van der Waals surface area contributed by atoms with E-state index in [-0.39, 0.29) is 26.2 Å². The summed E-state index contributed by atoms with van der Waals surface area (Å²) in [5, 5.41) is 10.8. The Morgan fingerprint density at radius 1 is 0.865 bits per heavy atom. The topological polar surface area (TPSA) is 74.2 Å². The highest BCUT2D eigenvalue weighted by molar-refractivity contribution is 7.53. The molecule has 0 radical (unpaired) electrons. The molecule has 1 unspecified atom stereocenters. The van der Waals surface area contributed by atoms with Gasteiger partial charge in [-0.2, -0.15) is 0 Å². The molecule has 0 amide bonds. The van der Waals surface area contributed by atoms with E-state index >= 15 is 0 Å². The van der Waals surface area contributed by atoms with Gasteiger partial charge in [-0.1, -0.05) is 54.6 Å². The minimum absolute atomic E-state index is 0.0651. The Morgan fingerprint density at radius 2 is 1.49 bits per heavy atom. The highest BCUT2D eigenvalue weighted by Crippen LogP contribution is 2.50. The lowest BCUT2D eigenvalue weighted by Gasteiger charge is -2.21. The number of hydrogen-bond donors (Lipinski definition) is 1. The van der Waals surface area contributed by atoms with Gasteiger partial charge in [-0.05, 0) is 86.1 Å². The number of aliphatic hydroxyl groups excluding tert-OH is 1. The summed E-state index contributed by atoms with van der Waals surface area (Å²) in [7, 11) is -3.34. The average Bonchev–Trinajstić information content (AvgIpc) is 2.87. The fourth-order valence-corrected chi connectivity index (χ4v) is 5.97. The lowest BCUT2D eigenvalue weighted by Crippen LogP contribution is -2.10. The normalized spacial score (nSPS) is 12.5. The fraction of sp³-hybridized carbons (Fsp3) is 0.400. The average molecular weight is 527 g/mol. The van der Waals surface area contributed by atoms with Crippen LogP contribution in [0, 0.1) is 13.8 Å². The van der Waals surface area contributed by atoms with E-state index < -0.39 is 13.7 Å². The van der Waals surface area contributed by atoms with Crippen molar-refractivity contribution in [1.29, 1.82) is 0 Å². The van der Waals surface area contributed by atoms with Crippen LogP contribution in [0.2, 0.25) is 0 Å². The maximum atomic E-state index is 12.8. The molecular weight excluding hydrogens is 487 g/mol. The summed E-state index contributed by atoms with van der Waals surface area (Å²) >= 11 is 0. The van der Waals surface area contributed by atoms with Gasteiger partial charge in [-0.3, -0.25) is 4.57 Å².